The summed E-state index contributed by atoms with van der Waals surface area (Å²) in [6.07, 6.45) is -2.88. The Hall–Kier alpha value is -2.36. The van der Waals surface area contributed by atoms with Crippen molar-refractivity contribution < 1.29 is 26.4 Å². The monoisotopic (exact) mass is 387 g/mol. The Balaban J connectivity index is 1.83. The van der Waals surface area contributed by atoms with Crippen LogP contribution in [0.4, 0.5) is 13.2 Å². The summed E-state index contributed by atoms with van der Waals surface area (Å²) in [5.74, 6) is -0.581. The summed E-state index contributed by atoms with van der Waals surface area (Å²) in [5, 5.41) is 6.64. The highest BCUT2D eigenvalue weighted by Gasteiger charge is 2.31. The van der Waals surface area contributed by atoms with E-state index < -0.39 is 33.5 Å². The van der Waals surface area contributed by atoms with Crippen molar-refractivity contribution in [3.63, 3.8) is 0 Å². The quantitative estimate of drug-likeness (QED) is 0.875. The molecule has 3 rings (SSSR count). The lowest BCUT2D eigenvalue weighted by Gasteiger charge is -2.12. The molecule has 1 fully saturated rings. The average Bonchev–Trinajstić information content (AvgIpc) is 3.09. The first-order valence-electron chi connectivity index (χ1n) is 7.80. The number of nitrogens with zero attached hydrogens (tertiary/aromatic N) is 2. The van der Waals surface area contributed by atoms with Gasteiger partial charge in [0.1, 0.15) is 0 Å². The van der Waals surface area contributed by atoms with E-state index >= 15 is 0 Å². The first-order valence-corrected chi connectivity index (χ1v) is 9.62. The van der Waals surface area contributed by atoms with Crippen molar-refractivity contribution in [2.45, 2.75) is 25.6 Å². The molecular weight excluding hydrogens is 371 g/mol. The Bertz CT molecular complexity index is 951. The molecule has 1 amide bonds. The van der Waals surface area contributed by atoms with E-state index in [-0.39, 0.29) is 22.8 Å². The van der Waals surface area contributed by atoms with Crippen LogP contribution in [0.1, 0.15) is 28.0 Å². The number of aromatic nitrogens is 2. The van der Waals surface area contributed by atoms with Crippen molar-refractivity contribution in [1.82, 2.24) is 15.1 Å². The molecule has 1 aliphatic rings. The van der Waals surface area contributed by atoms with E-state index in [0.29, 0.717) is 12.1 Å². The Morgan fingerprint density at radius 3 is 2.69 bits per heavy atom. The summed E-state index contributed by atoms with van der Waals surface area (Å²) in [7, 11) is -3.13. The van der Waals surface area contributed by atoms with Crippen LogP contribution in [0.3, 0.4) is 0 Å². The fraction of sp³-hybridized carbons (Fsp3) is 0.375. The van der Waals surface area contributed by atoms with Crippen molar-refractivity contribution in [2.75, 3.05) is 11.5 Å². The van der Waals surface area contributed by atoms with Crippen LogP contribution < -0.4 is 5.32 Å². The second kappa shape index (κ2) is 6.42. The molecule has 1 aromatic heterocycles. The average molecular weight is 387 g/mol. The van der Waals surface area contributed by atoms with Gasteiger partial charge in [0.15, 0.2) is 9.84 Å². The smallest absolute Gasteiger partial charge is 0.348 e. The number of nitrogens with one attached hydrogen (secondary N) is 1. The maximum absolute atomic E-state index is 12.9. The number of hydrogen-bond acceptors (Lipinski definition) is 4. The third-order valence-corrected chi connectivity index (χ3v) is 6.01. The largest absolute Gasteiger partial charge is 0.416 e. The molecule has 1 unspecified atom stereocenters. The molecule has 1 atom stereocenters. The van der Waals surface area contributed by atoms with Crippen molar-refractivity contribution in [1.29, 1.82) is 0 Å². The highest BCUT2D eigenvalue weighted by Crippen LogP contribution is 2.30. The minimum atomic E-state index is -4.48. The van der Waals surface area contributed by atoms with Gasteiger partial charge in [-0.15, -0.1) is 0 Å². The Morgan fingerprint density at radius 1 is 1.35 bits per heavy atom. The van der Waals surface area contributed by atoms with Crippen LogP contribution in [-0.2, 0) is 16.0 Å². The predicted octanol–water partition coefficient (Wildman–Crippen LogP) is 2.12. The number of hydrogen-bond donors (Lipinski definition) is 1. The molecule has 26 heavy (non-hydrogen) atoms. The third kappa shape index (κ3) is 3.74. The van der Waals surface area contributed by atoms with Crippen LogP contribution in [0, 0.1) is 6.92 Å². The Labute approximate surface area is 147 Å². The van der Waals surface area contributed by atoms with Crippen LogP contribution >= 0.6 is 0 Å². The van der Waals surface area contributed by atoms with Crippen LogP contribution in [0.5, 0.6) is 0 Å². The van der Waals surface area contributed by atoms with Gasteiger partial charge in [0.25, 0.3) is 5.91 Å². The van der Waals surface area contributed by atoms with Crippen molar-refractivity contribution >= 4 is 15.7 Å². The summed E-state index contributed by atoms with van der Waals surface area (Å²) in [6.45, 7) is 1.56. The number of carbonyl (C=O) groups is 1. The van der Waals surface area contributed by atoms with Crippen LogP contribution in [0.15, 0.2) is 30.5 Å². The SMILES string of the molecule is Cc1c(C(=O)NC2CCS(=O)(=O)C2)cnn1-c1cccc(C(F)(F)F)c1. The molecule has 10 heteroatoms. The molecule has 2 heterocycles. The maximum Gasteiger partial charge on any atom is 0.416 e. The highest BCUT2D eigenvalue weighted by molar-refractivity contribution is 7.91. The molecule has 1 saturated heterocycles. The molecule has 1 N–H and O–H groups in total. The van der Waals surface area contributed by atoms with E-state index in [1.807, 2.05) is 0 Å². The number of alkyl halides is 3. The second-order valence-corrected chi connectivity index (χ2v) is 8.41. The second-order valence-electron chi connectivity index (χ2n) is 6.18. The third-order valence-electron chi connectivity index (χ3n) is 4.24. The fourth-order valence-electron chi connectivity index (χ4n) is 2.88. The van der Waals surface area contributed by atoms with Gasteiger partial charge in [-0.25, -0.2) is 13.1 Å². The lowest BCUT2D eigenvalue weighted by Crippen LogP contribution is -2.35. The molecule has 6 nitrogen and oxygen atoms in total. The van der Waals surface area contributed by atoms with Gasteiger partial charge in [0.2, 0.25) is 0 Å². The minimum Gasteiger partial charge on any atom is -0.348 e. The molecule has 2 aromatic rings. The number of carbonyl (C=O) groups excluding carboxylic acids is 1. The number of rotatable bonds is 3. The summed E-state index contributed by atoms with van der Waals surface area (Å²) < 4.78 is 62.8. The van der Waals surface area contributed by atoms with Gasteiger partial charge in [-0.2, -0.15) is 18.3 Å². The van der Waals surface area contributed by atoms with Gasteiger partial charge in [0, 0.05) is 6.04 Å². The van der Waals surface area contributed by atoms with E-state index in [9.17, 15) is 26.4 Å². The van der Waals surface area contributed by atoms with Crippen molar-refractivity contribution in [3.05, 3.63) is 47.3 Å². The number of halogens is 3. The Morgan fingerprint density at radius 2 is 2.08 bits per heavy atom. The molecule has 1 aliphatic heterocycles. The van der Waals surface area contributed by atoms with Gasteiger partial charge in [-0.1, -0.05) is 6.07 Å². The van der Waals surface area contributed by atoms with E-state index in [2.05, 4.69) is 10.4 Å². The van der Waals surface area contributed by atoms with Crippen LogP contribution in [0.2, 0.25) is 0 Å². The molecule has 0 spiro atoms. The van der Waals surface area contributed by atoms with E-state index in [1.54, 1.807) is 6.92 Å². The first-order chi connectivity index (χ1) is 12.1. The van der Waals surface area contributed by atoms with Gasteiger partial charge in [-0.05, 0) is 31.5 Å². The summed E-state index contributed by atoms with van der Waals surface area (Å²) in [4.78, 5) is 12.4. The molecule has 140 valence electrons. The summed E-state index contributed by atoms with van der Waals surface area (Å²) >= 11 is 0. The lowest BCUT2D eigenvalue weighted by atomic mass is 10.2. The van der Waals surface area contributed by atoms with E-state index in [0.717, 1.165) is 12.1 Å². The number of amides is 1. The lowest BCUT2D eigenvalue weighted by molar-refractivity contribution is -0.137. The highest BCUT2D eigenvalue weighted by atomic mass is 32.2. The van der Waals surface area contributed by atoms with Crippen molar-refractivity contribution in [3.8, 4) is 5.69 Å². The topological polar surface area (TPSA) is 81.1 Å². The number of sulfone groups is 1. The zero-order valence-electron chi connectivity index (χ0n) is 13.7. The van der Waals surface area contributed by atoms with Crippen LogP contribution in [0.25, 0.3) is 5.69 Å². The van der Waals surface area contributed by atoms with Gasteiger partial charge >= 0.3 is 6.18 Å². The van der Waals surface area contributed by atoms with Crippen molar-refractivity contribution in [2.24, 2.45) is 0 Å². The van der Waals surface area contributed by atoms with E-state index in [1.165, 1.54) is 23.0 Å². The van der Waals surface area contributed by atoms with Gasteiger partial charge < -0.3 is 5.32 Å². The molecule has 0 radical (unpaired) electrons. The molecule has 1 aromatic carbocycles. The molecular formula is C16H16F3N3O3S. The standard InChI is InChI=1S/C16H16F3N3O3S/c1-10-14(15(23)21-12-5-6-26(24,25)9-12)8-20-22(10)13-4-2-3-11(7-13)16(17,18)19/h2-4,7-8,12H,5-6,9H2,1H3,(H,21,23). The molecule has 0 aliphatic carbocycles. The van der Waals surface area contributed by atoms with Gasteiger partial charge in [0.05, 0.1) is 40.2 Å². The normalized spacial score (nSPS) is 19.5. The zero-order chi connectivity index (χ0) is 19.1. The van der Waals surface area contributed by atoms with E-state index in [4.69, 9.17) is 0 Å². The minimum absolute atomic E-state index is 0.0282. The summed E-state index contributed by atoms with van der Waals surface area (Å²) in [5.41, 5.74) is -0.0822. The van der Waals surface area contributed by atoms with Gasteiger partial charge in [-0.3, -0.25) is 4.79 Å². The maximum atomic E-state index is 12.9. The zero-order valence-corrected chi connectivity index (χ0v) is 14.6. The first kappa shape index (κ1) is 18.4. The fourth-order valence-corrected chi connectivity index (χ4v) is 4.55. The molecule has 0 bridgehead atoms. The summed E-state index contributed by atoms with van der Waals surface area (Å²) in [6, 6.07) is 4.16. The predicted molar refractivity (Wildman–Crippen MR) is 87.8 cm³/mol. The number of benzene rings is 1. The van der Waals surface area contributed by atoms with Crippen LogP contribution in [-0.4, -0.2) is 41.7 Å². The Kier molecular flexibility index (Phi) is 4.55. The molecule has 0 saturated carbocycles.